The van der Waals surface area contributed by atoms with E-state index < -0.39 is 26.1 Å². The molecule has 0 atom stereocenters. The van der Waals surface area contributed by atoms with Gasteiger partial charge in [-0.3, -0.25) is 35.8 Å². The van der Waals surface area contributed by atoms with E-state index in [9.17, 15) is 30.3 Å². The summed E-state index contributed by atoms with van der Waals surface area (Å²) >= 11 is 0. The number of methoxy groups -OCH3 is 1. The van der Waals surface area contributed by atoms with Gasteiger partial charge in [-0.05, 0) is 6.92 Å². The van der Waals surface area contributed by atoms with Crippen molar-refractivity contribution in [1.29, 1.82) is 0 Å². The second-order valence-electron chi connectivity index (χ2n) is 5.17. The van der Waals surface area contributed by atoms with E-state index in [0.29, 0.717) is 11.3 Å². The van der Waals surface area contributed by atoms with E-state index >= 15 is 0 Å². The third-order valence-electron chi connectivity index (χ3n) is 3.50. The van der Waals surface area contributed by atoms with Crippen molar-refractivity contribution in [2.75, 3.05) is 12.5 Å². The van der Waals surface area contributed by atoms with Crippen molar-refractivity contribution in [3.8, 4) is 5.75 Å². The predicted molar refractivity (Wildman–Crippen MR) is 95.2 cm³/mol. The van der Waals surface area contributed by atoms with Gasteiger partial charge in [0.2, 0.25) is 0 Å². The minimum Gasteiger partial charge on any atom is -0.494 e. The van der Waals surface area contributed by atoms with Gasteiger partial charge in [0, 0.05) is 17.7 Å². The molecule has 0 unspecified atom stereocenters. The molecule has 0 spiro atoms. The Hall–Kier alpha value is -4.09. The molecule has 0 aromatic heterocycles. The number of benzene rings is 2. The third-order valence-corrected chi connectivity index (χ3v) is 3.50. The lowest BCUT2D eigenvalue weighted by Crippen LogP contribution is -2.04. The van der Waals surface area contributed by atoms with E-state index in [0.717, 1.165) is 12.1 Å². The monoisotopic (exact) mass is 375 g/mol. The molecule has 0 heterocycles. The summed E-state index contributed by atoms with van der Waals surface area (Å²) in [5, 5.41) is 37.0. The van der Waals surface area contributed by atoms with Crippen LogP contribution in [0.25, 0.3) is 0 Å². The number of non-ortho nitro benzene ring substituents is 2. The van der Waals surface area contributed by atoms with Crippen molar-refractivity contribution in [2.24, 2.45) is 5.10 Å². The van der Waals surface area contributed by atoms with Crippen molar-refractivity contribution in [3.63, 3.8) is 0 Å². The van der Waals surface area contributed by atoms with E-state index in [1.54, 1.807) is 6.07 Å². The normalized spacial score (nSPS) is 11.0. The number of nitrogens with one attached hydrogen (secondary N) is 1. The van der Waals surface area contributed by atoms with Crippen molar-refractivity contribution < 1.29 is 19.5 Å². The average Bonchev–Trinajstić information content (AvgIpc) is 2.65. The number of nitrogens with zero attached hydrogens (tertiary/aromatic N) is 4. The van der Waals surface area contributed by atoms with Crippen LogP contribution in [0.1, 0.15) is 12.5 Å². The zero-order chi connectivity index (χ0) is 20.1. The van der Waals surface area contributed by atoms with Crippen LogP contribution in [0.3, 0.4) is 0 Å². The Balaban J connectivity index is 2.45. The Morgan fingerprint density at radius 1 is 1.00 bits per heavy atom. The number of ether oxygens (including phenoxy) is 1. The third kappa shape index (κ3) is 4.31. The van der Waals surface area contributed by atoms with E-state index in [4.69, 9.17) is 4.74 Å². The van der Waals surface area contributed by atoms with Gasteiger partial charge in [0.1, 0.15) is 0 Å². The number of nitro groups is 3. The molecule has 0 aliphatic heterocycles. The quantitative estimate of drug-likeness (QED) is 0.437. The van der Waals surface area contributed by atoms with Gasteiger partial charge in [-0.15, -0.1) is 0 Å². The molecule has 0 fully saturated rings. The number of rotatable bonds is 7. The molecule has 0 aliphatic rings. The summed E-state index contributed by atoms with van der Waals surface area (Å²) in [4.78, 5) is 30.9. The second-order valence-corrected chi connectivity index (χ2v) is 5.17. The summed E-state index contributed by atoms with van der Waals surface area (Å²) in [5.74, 6) is -0.147. The number of anilines is 1. The van der Waals surface area contributed by atoms with Gasteiger partial charge in [0.25, 0.3) is 11.4 Å². The lowest BCUT2D eigenvalue weighted by molar-refractivity contribution is -0.393. The maximum Gasteiger partial charge on any atom is 0.304 e. The van der Waals surface area contributed by atoms with Gasteiger partial charge in [-0.2, -0.15) is 5.10 Å². The molecular formula is C15H13N5O7. The van der Waals surface area contributed by atoms with Crippen LogP contribution in [-0.4, -0.2) is 27.6 Å². The average molecular weight is 375 g/mol. The van der Waals surface area contributed by atoms with Crippen LogP contribution in [0.4, 0.5) is 22.7 Å². The van der Waals surface area contributed by atoms with Gasteiger partial charge < -0.3 is 4.74 Å². The molecule has 140 valence electrons. The largest absolute Gasteiger partial charge is 0.494 e. The molecule has 0 bridgehead atoms. The van der Waals surface area contributed by atoms with Crippen LogP contribution < -0.4 is 10.2 Å². The van der Waals surface area contributed by atoms with E-state index in [1.165, 1.54) is 32.2 Å². The van der Waals surface area contributed by atoms with Crippen LogP contribution in [0.15, 0.2) is 41.5 Å². The molecule has 2 aromatic carbocycles. The molecule has 2 aromatic rings. The van der Waals surface area contributed by atoms with Crippen LogP contribution in [-0.2, 0) is 0 Å². The second kappa shape index (κ2) is 7.86. The molecule has 0 aliphatic carbocycles. The van der Waals surface area contributed by atoms with Crippen LogP contribution in [0, 0.1) is 30.3 Å². The van der Waals surface area contributed by atoms with Crippen molar-refractivity contribution in [2.45, 2.75) is 6.92 Å². The fourth-order valence-electron chi connectivity index (χ4n) is 2.16. The predicted octanol–water partition coefficient (Wildman–Crippen LogP) is 3.26. The number of hydrogen-bond donors (Lipinski definition) is 1. The van der Waals surface area contributed by atoms with Crippen molar-refractivity contribution in [3.05, 3.63) is 72.3 Å². The first kappa shape index (κ1) is 19.2. The Morgan fingerprint density at radius 3 is 2.22 bits per heavy atom. The maximum atomic E-state index is 11.3. The van der Waals surface area contributed by atoms with Gasteiger partial charge in [-0.25, -0.2) is 0 Å². The molecule has 0 radical (unpaired) electrons. The van der Waals surface area contributed by atoms with Gasteiger partial charge in [0.15, 0.2) is 11.4 Å². The number of nitro benzene ring substituents is 3. The summed E-state index contributed by atoms with van der Waals surface area (Å²) in [5.41, 5.74) is 1.74. The van der Waals surface area contributed by atoms with Crippen LogP contribution >= 0.6 is 0 Å². The molecule has 0 saturated carbocycles. The Kier molecular flexibility index (Phi) is 5.60. The highest BCUT2D eigenvalue weighted by Crippen LogP contribution is 2.38. The molecule has 27 heavy (non-hydrogen) atoms. The summed E-state index contributed by atoms with van der Waals surface area (Å²) in [7, 11) is 1.20. The zero-order valence-electron chi connectivity index (χ0n) is 14.1. The zero-order valence-corrected chi connectivity index (χ0v) is 14.1. The van der Waals surface area contributed by atoms with Crippen molar-refractivity contribution >= 4 is 28.5 Å². The Bertz CT molecular complexity index is 958. The topological polar surface area (TPSA) is 163 Å². The highest BCUT2D eigenvalue weighted by molar-refractivity contribution is 5.99. The fraction of sp³-hybridized carbons (Fsp3) is 0.133. The lowest BCUT2D eigenvalue weighted by Gasteiger charge is -2.09. The molecule has 0 saturated heterocycles. The maximum absolute atomic E-state index is 11.3. The first-order valence-corrected chi connectivity index (χ1v) is 7.30. The number of hydrogen-bond acceptors (Lipinski definition) is 9. The molecular weight excluding hydrogens is 362 g/mol. The minimum atomic E-state index is -0.809. The highest BCUT2D eigenvalue weighted by atomic mass is 16.6. The first-order valence-electron chi connectivity index (χ1n) is 7.30. The first-order chi connectivity index (χ1) is 12.7. The fourth-order valence-corrected chi connectivity index (χ4v) is 2.16. The molecule has 0 amide bonds. The van der Waals surface area contributed by atoms with Gasteiger partial charge in [0.05, 0.1) is 39.7 Å². The lowest BCUT2D eigenvalue weighted by atomic mass is 10.1. The SMILES string of the molecule is COc1cc([N+](=O)[O-])cc([N+](=O)[O-])c1N/N=C(/C)c1cccc([N+](=O)[O-])c1. The van der Waals surface area contributed by atoms with Crippen LogP contribution in [0.2, 0.25) is 0 Å². The molecule has 1 N–H and O–H groups in total. The summed E-state index contributed by atoms with van der Waals surface area (Å²) in [6.07, 6.45) is 0. The summed E-state index contributed by atoms with van der Waals surface area (Å²) in [6, 6.07) is 7.46. The van der Waals surface area contributed by atoms with Gasteiger partial charge in [-0.1, -0.05) is 12.1 Å². The van der Waals surface area contributed by atoms with Gasteiger partial charge >= 0.3 is 5.69 Å². The minimum absolute atomic E-state index is 0.138. The smallest absolute Gasteiger partial charge is 0.304 e. The van der Waals surface area contributed by atoms with E-state index in [2.05, 4.69) is 10.5 Å². The number of hydrazone groups is 1. The van der Waals surface area contributed by atoms with E-state index in [1.807, 2.05) is 0 Å². The Labute approximate surface area is 151 Å². The standard InChI is InChI=1S/C15H13N5O7/c1-9(10-4-3-5-11(6-10)18(21)22)16-17-15-13(20(25)26)7-12(19(23)24)8-14(15)27-2/h3-8,17H,1-2H3/b16-9-. The molecule has 12 heteroatoms. The highest BCUT2D eigenvalue weighted by Gasteiger charge is 2.25. The Morgan fingerprint density at radius 2 is 1.67 bits per heavy atom. The summed E-state index contributed by atoms with van der Waals surface area (Å²) < 4.78 is 4.99. The van der Waals surface area contributed by atoms with Crippen molar-refractivity contribution in [1.82, 2.24) is 0 Å². The van der Waals surface area contributed by atoms with E-state index in [-0.39, 0.29) is 17.1 Å². The summed E-state index contributed by atoms with van der Waals surface area (Å²) in [6.45, 7) is 1.54. The van der Waals surface area contributed by atoms with Crippen LogP contribution in [0.5, 0.6) is 5.75 Å². The molecule has 12 nitrogen and oxygen atoms in total. The molecule has 2 rings (SSSR count).